The maximum absolute atomic E-state index is 13.5. The molecule has 0 aliphatic rings. The fourth-order valence-electron chi connectivity index (χ4n) is 1.70. The van der Waals surface area contributed by atoms with Crippen molar-refractivity contribution in [2.24, 2.45) is 0 Å². The van der Waals surface area contributed by atoms with Crippen LogP contribution in [0.2, 0.25) is 0 Å². The number of hydrogen-bond donors (Lipinski definition) is 1. The predicted octanol–water partition coefficient (Wildman–Crippen LogP) is 3.43. The molecule has 1 N–H and O–H groups in total. The Morgan fingerprint density at radius 3 is 2.60 bits per heavy atom. The van der Waals surface area contributed by atoms with Gasteiger partial charge in [0.2, 0.25) is 0 Å². The third kappa shape index (κ3) is 4.43. The number of nitrogens with one attached hydrogen (secondary N) is 1. The second-order valence-electron chi connectivity index (χ2n) is 4.36. The van der Waals surface area contributed by atoms with E-state index >= 15 is 0 Å². The minimum Gasteiger partial charge on any atom is -0.350 e. The van der Waals surface area contributed by atoms with Gasteiger partial charge < -0.3 is 5.32 Å². The lowest BCUT2D eigenvalue weighted by molar-refractivity contribution is 0.0937. The highest BCUT2D eigenvalue weighted by Crippen LogP contribution is 2.26. The Hall–Kier alpha value is -0.660. The predicted molar refractivity (Wildman–Crippen MR) is 79.0 cm³/mol. The van der Waals surface area contributed by atoms with Gasteiger partial charge in [0.05, 0.1) is 5.56 Å². The molecule has 20 heavy (non-hydrogen) atoms. The summed E-state index contributed by atoms with van der Waals surface area (Å²) in [5.41, 5.74) is 0.0218. The highest BCUT2D eigenvalue weighted by molar-refractivity contribution is 9.10. The molecule has 0 saturated carbocycles. The molecule has 1 amide bonds. The number of rotatable bonds is 5. The zero-order valence-corrected chi connectivity index (χ0v) is 14.1. The first-order valence-electron chi connectivity index (χ1n) is 5.91. The van der Waals surface area contributed by atoms with Crippen molar-refractivity contribution in [1.82, 2.24) is 5.32 Å². The highest BCUT2D eigenvalue weighted by Gasteiger charge is 2.22. The van der Waals surface area contributed by atoms with Gasteiger partial charge in [0, 0.05) is 21.2 Å². The van der Waals surface area contributed by atoms with Crippen LogP contribution in [-0.4, -0.2) is 20.4 Å². The average Bonchev–Trinajstić information content (AvgIpc) is 2.26. The van der Waals surface area contributed by atoms with Crippen molar-refractivity contribution in [3.8, 4) is 0 Å². The fourth-order valence-corrected chi connectivity index (χ4v) is 3.10. The molecule has 0 heterocycles. The van der Waals surface area contributed by atoms with Gasteiger partial charge in [-0.05, 0) is 41.4 Å². The Morgan fingerprint density at radius 1 is 1.50 bits per heavy atom. The summed E-state index contributed by atoms with van der Waals surface area (Å²) in [6, 6.07) is 1.77. The summed E-state index contributed by atoms with van der Waals surface area (Å²) in [4.78, 5) is 11.3. The first-order chi connectivity index (χ1) is 9.16. The van der Waals surface area contributed by atoms with Crippen molar-refractivity contribution in [2.75, 3.05) is 0 Å². The van der Waals surface area contributed by atoms with Gasteiger partial charge in [-0.3, -0.25) is 4.79 Å². The summed E-state index contributed by atoms with van der Waals surface area (Å²) in [5.74, 6) is -1.50. The highest BCUT2D eigenvalue weighted by atomic mass is 79.9. The molecule has 1 rings (SSSR count). The fraction of sp³-hybridized carbons (Fsp3) is 0.417. The van der Waals surface area contributed by atoms with Crippen molar-refractivity contribution in [2.45, 2.75) is 37.6 Å². The zero-order chi connectivity index (χ0) is 15.5. The topological polar surface area (TPSA) is 63.2 Å². The lowest BCUT2D eigenvalue weighted by Gasteiger charge is -2.14. The molecule has 1 atom stereocenters. The number of carbonyl (C=O) groups excluding carboxylic acids is 1. The van der Waals surface area contributed by atoms with Crippen LogP contribution < -0.4 is 5.32 Å². The van der Waals surface area contributed by atoms with Gasteiger partial charge in [0.15, 0.2) is 0 Å². The number of benzene rings is 1. The quantitative estimate of drug-likeness (QED) is 0.789. The van der Waals surface area contributed by atoms with Gasteiger partial charge in [0.25, 0.3) is 15.0 Å². The normalized spacial score (nSPS) is 13.1. The van der Waals surface area contributed by atoms with Gasteiger partial charge in [-0.15, -0.1) is 0 Å². The number of hydrogen-bond acceptors (Lipinski definition) is 3. The van der Waals surface area contributed by atoms with Crippen LogP contribution in [0.15, 0.2) is 21.5 Å². The molecule has 8 heteroatoms. The molecule has 0 aliphatic carbocycles. The Morgan fingerprint density at radius 2 is 2.10 bits per heavy atom. The van der Waals surface area contributed by atoms with Crippen LogP contribution in [0.3, 0.4) is 0 Å². The van der Waals surface area contributed by atoms with Gasteiger partial charge in [0.1, 0.15) is 10.7 Å². The largest absolute Gasteiger partial charge is 0.350 e. The Bertz CT molecular complexity index is 621. The standard InChI is InChI=1S/C12H14BrClFNO3S/c1-3-4-7(2)16-12(17)8-5-11(20(14,18)19)10(15)6-9(8)13/h5-7H,3-4H2,1-2H3,(H,16,17). The van der Waals surface area contributed by atoms with Crippen molar-refractivity contribution in [1.29, 1.82) is 0 Å². The molecule has 4 nitrogen and oxygen atoms in total. The van der Waals surface area contributed by atoms with Gasteiger partial charge in [-0.25, -0.2) is 12.8 Å². The maximum atomic E-state index is 13.5. The molecule has 0 fully saturated rings. The third-order valence-electron chi connectivity index (χ3n) is 2.63. The average molecular weight is 387 g/mol. The lowest BCUT2D eigenvalue weighted by Crippen LogP contribution is -2.32. The molecular weight excluding hydrogens is 373 g/mol. The number of amides is 1. The van der Waals surface area contributed by atoms with Crippen molar-refractivity contribution < 1.29 is 17.6 Å². The van der Waals surface area contributed by atoms with Crippen LogP contribution in [0.5, 0.6) is 0 Å². The molecule has 0 spiro atoms. The first kappa shape index (κ1) is 17.4. The monoisotopic (exact) mass is 385 g/mol. The number of halogens is 3. The zero-order valence-electron chi connectivity index (χ0n) is 10.9. The summed E-state index contributed by atoms with van der Waals surface area (Å²) in [6.07, 6.45) is 1.68. The lowest BCUT2D eigenvalue weighted by atomic mass is 10.1. The Labute approximate surface area is 130 Å². The summed E-state index contributed by atoms with van der Waals surface area (Å²) >= 11 is 3.04. The van der Waals surface area contributed by atoms with E-state index in [1.165, 1.54) is 0 Å². The Kier molecular flexibility index (Phi) is 5.97. The summed E-state index contributed by atoms with van der Waals surface area (Å²) in [7, 11) is 0.885. The molecule has 0 aromatic heterocycles. The van der Waals surface area contributed by atoms with Gasteiger partial charge in [-0.1, -0.05) is 13.3 Å². The summed E-state index contributed by atoms with van der Waals surface area (Å²) < 4.78 is 36.2. The SMILES string of the molecule is CCCC(C)NC(=O)c1cc(S(=O)(=O)Cl)c(F)cc1Br. The maximum Gasteiger partial charge on any atom is 0.264 e. The van der Waals surface area contributed by atoms with E-state index in [4.69, 9.17) is 10.7 Å². The van der Waals surface area contributed by atoms with Crippen molar-refractivity contribution >= 4 is 41.6 Å². The smallest absolute Gasteiger partial charge is 0.264 e. The van der Waals surface area contributed by atoms with Crippen molar-refractivity contribution in [3.05, 3.63) is 28.0 Å². The summed E-state index contributed by atoms with van der Waals surface area (Å²) in [5, 5.41) is 2.71. The van der Waals surface area contributed by atoms with E-state index in [0.717, 1.165) is 25.0 Å². The molecule has 1 aromatic carbocycles. The second-order valence-corrected chi connectivity index (χ2v) is 7.75. The van der Waals surface area contributed by atoms with E-state index in [9.17, 15) is 17.6 Å². The van der Waals surface area contributed by atoms with Crippen LogP contribution in [0, 0.1) is 5.82 Å². The number of carbonyl (C=O) groups is 1. The first-order valence-corrected chi connectivity index (χ1v) is 9.01. The molecule has 1 aromatic rings. The molecule has 0 aliphatic heterocycles. The van der Waals surface area contributed by atoms with E-state index in [2.05, 4.69) is 21.2 Å². The van der Waals surface area contributed by atoms with E-state index in [-0.39, 0.29) is 16.1 Å². The summed E-state index contributed by atoms with van der Waals surface area (Å²) in [6.45, 7) is 3.81. The van der Waals surface area contributed by atoms with Crippen LogP contribution >= 0.6 is 26.6 Å². The van der Waals surface area contributed by atoms with E-state index in [0.29, 0.717) is 0 Å². The Balaban J connectivity index is 3.16. The van der Waals surface area contributed by atoms with E-state index in [1.54, 1.807) is 0 Å². The molecule has 0 bridgehead atoms. The molecule has 112 valence electrons. The van der Waals surface area contributed by atoms with Crippen LogP contribution in [0.1, 0.15) is 37.0 Å². The van der Waals surface area contributed by atoms with Gasteiger partial charge in [-0.2, -0.15) is 0 Å². The van der Waals surface area contributed by atoms with Crippen molar-refractivity contribution in [3.63, 3.8) is 0 Å². The molecule has 0 saturated heterocycles. The van der Waals surface area contributed by atoms with E-state index in [1.807, 2.05) is 13.8 Å². The van der Waals surface area contributed by atoms with Crippen LogP contribution in [0.25, 0.3) is 0 Å². The molecular formula is C12H14BrClFNO3S. The van der Waals surface area contributed by atoms with Crippen LogP contribution in [-0.2, 0) is 9.05 Å². The second kappa shape index (κ2) is 6.87. The van der Waals surface area contributed by atoms with E-state index < -0.39 is 25.7 Å². The van der Waals surface area contributed by atoms with Gasteiger partial charge >= 0.3 is 0 Å². The van der Waals surface area contributed by atoms with Crippen LogP contribution in [0.4, 0.5) is 4.39 Å². The minimum absolute atomic E-state index is 0.0218. The molecule has 1 unspecified atom stereocenters. The molecule has 0 radical (unpaired) electrons. The third-order valence-corrected chi connectivity index (χ3v) is 4.62. The minimum atomic E-state index is -4.25.